The van der Waals surface area contributed by atoms with Crippen molar-refractivity contribution in [1.82, 2.24) is 15.5 Å². The van der Waals surface area contributed by atoms with E-state index in [0.29, 0.717) is 13.1 Å². The Morgan fingerprint density at radius 3 is 2.43 bits per heavy atom. The van der Waals surface area contributed by atoms with E-state index in [1.807, 2.05) is 13.8 Å². The standard InChI is InChI=1S/C19H22F2N4O3/c1-9-6-24(7-10(2)22-9)14-5-12(20)16-11(17(14)21)8-25(19(16)28)13-3-4-15(26)23-18(13)27/h5,9-10,13,22H,3-4,6-8H2,1-2H3,(H,23,26,27). The van der Waals surface area contributed by atoms with Crippen molar-refractivity contribution in [3.8, 4) is 0 Å². The van der Waals surface area contributed by atoms with Crippen molar-refractivity contribution in [2.75, 3.05) is 18.0 Å². The molecular weight excluding hydrogens is 370 g/mol. The van der Waals surface area contributed by atoms with Gasteiger partial charge in [-0.25, -0.2) is 8.78 Å². The Labute approximate surface area is 161 Å². The van der Waals surface area contributed by atoms with Crippen LogP contribution in [0.3, 0.4) is 0 Å². The van der Waals surface area contributed by atoms with Crippen LogP contribution in [0.15, 0.2) is 6.07 Å². The number of amides is 3. The van der Waals surface area contributed by atoms with Gasteiger partial charge in [0, 0.05) is 43.2 Å². The molecule has 3 aliphatic rings. The van der Waals surface area contributed by atoms with E-state index < -0.39 is 35.4 Å². The summed E-state index contributed by atoms with van der Waals surface area (Å²) in [6.07, 6.45) is 0.233. The summed E-state index contributed by atoms with van der Waals surface area (Å²) in [5.74, 6) is -3.14. The summed E-state index contributed by atoms with van der Waals surface area (Å²) in [6.45, 7) is 4.79. The van der Waals surface area contributed by atoms with Crippen molar-refractivity contribution in [1.29, 1.82) is 0 Å². The average molecular weight is 392 g/mol. The summed E-state index contributed by atoms with van der Waals surface area (Å²) >= 11 is 0. The third kappa shape index (κ3) is 3.03. The lowest BCUT2D eigenvalue weighted by Crippen LogP contribution is -2.54. The monoisotopic (exact) mass is 392 g/mol. The summed E-state index contributed by atoms with van der Waals surface area (Å²) in [7, 11) is 0. The summed E-state index contributed by atoms with van der Waals surface area (Å²) in [5.41, 5.74) is -0.208. The second kappa shape index (κ2) is 6.80. The van der Waals surface area contributed by atoms with Crippen molar-refractivity contribution in [2.45, 2.75) is 51.4 Å². The number of imide groups is 1. The number of hydrogen-bond acceptors (Lipinski definition) is 5. The first-order valence-corrected chi connectivity index (χ1v) is 9.42. The van der Waals surface area contributed by atoms with E-state index in [1.54, 1.807) is 4.90 Å². The molecule has 3 aliphatic heterocycles. The highest BCUT2D eigenvalue weighted by atomic mass is 19.1. The fourth-order valence-corrected chi connectivity index (χ4v) is 4.41. The highest BCUT2D eigenvalue weighted by Gasteiger charge is 2.42. The molecule has 3 heterocycles. The van der Waals surface area contributed by atoms with Crippen molar-refractivity contribution in [3.05, 3.63) is 28.8 Å². The Morgan fingerprint density at radius 2 is 1.79 bits per heavy atom. The van der Waals surface area contributed by atoms with E-state index >= 15 is 4.39 Å². The molecule has 9 heteroatoms. The minimum absolute atomic E-state index is 0.0245. The van der Waals surface area contributed by atoms with Crippen molar-refractivity contribution < 1.29 is 23.2 Å². The maximum Gasteiger partial charge on any atom is 0.258 e. The fourth-order valence-electron chi connectivity index (χ4n) is 4.41. The molecule has 0 radical (unpaired) electrons. The summed E-state index contributed by atoms with van der Waals surface area (Å²) < 4.78 is 30.1. The molecule has 0 bridgehead atoms. The van der Waals surface area contributed by atoms with Crippen LogP contribution in [0.1, 0.15) is 42.6 Å². The second-order valence-electron chi connectivity index (χ2n) is 7.82. The molecule has 3 amide bonds. The molecule has 2 saturated heterocycles. The van der Waals surface area contributed by atoms with Gasteiger partial charge in [-0.05, 0) is 20.3 Å². The zero-order valence-corrected chi connectivity index (χ0v) is 15.7. The zero-order valence-electron chi connectivity index (χ0n) is 15.7. The summed E-state index contributed by atoms with van der Waals surface area (Å²) in [5, 5.41) is 5.52. The van der Waals surface area contributed by atoms with Gasteiger partial charge in [-0.2, -0.15) is 0 Å². The molecule has 0 aliphatic carbocycles. The van der Waals surface area contributed by atoms with Crippen molar-refractivity contribution in [2.24, 2.45) is 0 Å². The average Bonchev–Trinajstić information content (AvgIpc) is 2.95. The Morgan fingerprint density at radius 1 is 1.11 bits per heavy atom. The van der Waals surface area contributed by atoms with Crippen LogP contribution >= 0.6 is 0 Å². The zero-order chi connectivity index (χ0) is 20.2. The molecule has 28 heavy (non-hydrogen) atoms. The Bertz CT molecular complexity index is 865. The number of carbonyl (C=O) groups is 3. The van der Waals surface area contributed by atoms with Crippen LogP contribution < -0.4 is 15.5 Å². The van der Waals surface area contributed by atoms with Gasteiger partial charge in [0.15, 0.2) is 5.82 Å². The molecule has 3 unspecified atom stereocenters. The van der Waals surface area contributed by atoms with E-state index in [1.165, 1.54) is 0 Å². The van der Waals surface area contributed by atoms with Gasteiger partial charge >= 0.3 is 0 Å². The third-order valence-electron chi connectivity index (χ3n) is 5.58. The van der Waals surface area contributed by atoms with E-state index in [0.717, 1.165) is 11.0 Å². The maximum atomic E-state index is 15.3. The molecule has 150 valence electrons. The number of halogens is 2. The van der Waals surface area contributed by atoms with E-state index in [2.05, 4.69) is 10.6 Å². The van der Waals surface area contributed by atoms with Crippen LogP contribution in [-0.4, -0.2) is 53.8 Å². The Balaban J connectivity index is 1.67. The van der Waals surface area contributed by atoms with Gasteiger partial charge in [0.2, 0.25) is 11.8 Å². The molecule has 4 rings (SSSR count). The molecule has 0 saturated carbocycles. The SMILES string of the molecule is CC1CN(c2cc(F)c3c(c2F)CN(C2CCC(=O)NC2=O)C3=O)CC(C)N1. The minimum atomic E-state index is -0.904. The minimum Gasteiger partial charge on any atom is -0.366 e. The number of rotatable bonds is 2. The van der Waals surface area contributed by atoms with Gasteiger partial charge in [-0.3, -0.25) is 19.7 Å². The highest BCUT2D eigenvalue weighted by Crippen LogP contribution is 2.36. The summed E-state index contributed by atoms with van der Waals surface area (Å²) in [4.78, 5) is 39.1. The lowest BCUT2D eigenvalue weighted by Gasteiger charge is -2.38. The van der Waals surface area contributed by atoms with Gasteiger partial charge < -0.3 is 15.1 Å². The van der Waals surface area contributed by atoms with Crippen molar-refractivity contribution >= 4 is 23.4 Å². The van der Waals surface area contributed by atoms with Crippen LogP contribution in [0, 0.1) is 11.6 Å². The fraction of sp³-hybridized carbons (Fsp3) is 0.526. The Kier molecular flexibility index (Phi) is 4.57. The first-order chi connectivity index (χ1) is 13.3. The first kappa shape index (κ1) is 18.8. The highest BCUT2D eigenvalue weighted by molar-refractivity contribution is 6.05. The number of hydrogen-bond donors (Lipinski definition) is 2. The molecule has 7 nitrogen and oxygen atoms in total. The maximum absolute atomic E-state index is 15.3. The van der Waals surface area contributed by atoms with Gasteiger partial charge in [0.1, 0.15) is 11.9 Å². The van der Waals surface area contributed by atoms with E-state index in [-0.39, 0.29) is 48.3 Å². The number of anilines is 1. The molecule has 1 aromatic rings. The predicted molar refractivity (Wildman–Crippen MR) is 96.7 cm³/mol. The quantitative estimate of drug-likeness (QED) is 0.732. The molecule has 2 fully saturated rings. The van der Waals surface area contributed by atoms with Crippen LogP contribution in [0.25, 0.3) is 0 Å². The number of piperidine rings is 1. The molecule has 1 aromatic carbocycles. The third-order valence-corrected chi connectivity index (χ3v) is 5.58. The molecule has 0 spiro atoms. The molecule has 0 aromatic heterocycles. The van der Waals surface area contributed by atoms with Gasteiger partial charge in [0.25, 0.3) is 5.91 Å². The number of benzene rings is 1. The second-order valence-corrected chi connectivity index (χ2v) is 7.82. The molecule has 2 N–H and O–H groups in total. The number of carbonyl (C=O) groups excluding carboxylic acids is 3. The Hall–Kier alpha value is -2.55. The van der Waals surface area contributed by atoms with Gasteiger partial charge in [-0.15, -0.1) is 0 Å². The number of fused-ring (bicyclic) bond motifs is 1. The normalized spacial score (nSPS) is 27.9. The van der Waals surface area contributed by atoms with E-state index in [9.17, 15) is 18.8 Å². The van der Waals surface area contributed by atoms with Crippen LogP contribution in [0.5, 0.6) is 0 Å². The summed E-state index contributed by atoms with van der Waals surface area (Å²) in [6, 6.07) is 0.395. The van der Waals surface area contributed by atoms with Crippen LogP contribution in [-0.2, 0) is 16.1 Å². The number of nitrogens with zero attached hydrogens (tertiary/aromatic N) is 2. The topological polar surface area (TPSA) is 81.8 Å². The smallest absolute Gasteiger partial charge is 0.258 e. The lowest BCUT2D eigenvalue weighted by molar-refractivity contribution is -0.136. The van der Waals surface area contributed by atoms with Gasteiger partial charge in [0.05, 0.1) is 17.8 Å². The predicted octanol–water partition coefficient (Wildman–Crippen LogP) is 0.912. The number of nitrogens with one attached hydrogen (secondary N) is 2. The molecule has 3 atom stereocenters. The molecular formula is C19H22F2N4O3. The first-order valence-electron chi connectivity index (χ1n) is 9.42. The van der Waals surface area contributed by atoms with E-state index in [4.69, 9.17) is 0 Å². The van der Waals surface area contributed by atoms with Crippen molar-refractivity contribution in [3.63, 3.8) is 0 Å². The largest absolute Gasteiger partial charge is 0.366 e. The van der Waals surface area contributed by atoms with Crippen LogP contribution in [0.4, 0.5) is 14.5 Å². The van der Waals surface area contributed by atoms with Crippen LogP contribution in [0.2, 0.25) is 0 Å². The number of piperazine rings is 1. The lowest BCUT2D eigenvalue weighted by atomic mass is 10.0. The van der Waals surface area contributed by atoms with Gasteiger partial charge in [-0.1, -0.05) is 0 Å².